The van der Waals surface area contributed by atoms with E-state index in [-0.39, 0.29) is 52.9 Å². The van der Waals surface area contributed by atoms with Crippen molar-refractivity contribution in [2.24, 2.45) is 29.1 Å². The molecule has 228 valence electrons. The van der Waals surface area contributed by atoms with Crippen LogP contribution in [0, 0.1) is 29.1 Å². The van der Waals surface area contributed by atoms with Gasteiger partial charge in [0.05, 0.1) is 12.0 Å². The molecule has 0 saturated heterocycles. The van der Waals surface area contributed by atoms with Gasteiger partial charge in [-0.2, -0.15) is 0 Å². The Morgan fingerprint density at radius 1 is 0.927 bits per heavy atom. The number of aliphatic hydroxyl groups is 1. The molecule has 0 radical (unpaired) electrons. The van der Waals surface area contributed by atoms with E-state index < -0.39 is 11.9 Å². The maximum Gasteiger partial charge on any atom is 1.00 e. The van der Waals surface area contributed by atoms with Gasteiger partial charge in [-0.25, -0.2) is 0 Å². The second-order valence-corrected chi connectivity index (χ2v) is 12.6. The summed E-state index contributed by atoms with van der Waals surface area (Å²) in [4.78, 5) is 20.8. The molecule has 1 aromatic carbocycles. The molecular weight excluding hydrogens is 527 g/mol. The molecule has 7 heteroatoms. The average Bonchev–Trinajstić information content (AvgIpc) is 3.23. The van der Waals surface area contributed by atoms with E-state index in [1.165, 1.54) is 30.4 Å². The molecule has 3 aliphatic carbocycles. The van der Waals surface area contributed by atoms with Crippen LogP contribution in [-0.4, -0.2) is 33.4 Å². The van der Waals surface area contributed by atoms with Crippen LogP contribution < -0.4 is 34.7 Å². The fourth-order valence-corrected chi connectivity index (χ4v) is 7.71. The van der Waals surface area contributed by atoms with E-state index in [1.807, 2.05) is 39.8 Å². The van der Waals surface area contributed by atoms with Crippen LogP contribution in [0.3, 0.4) is 0 Å². The standard InChI is InChI=1S/C18H24O2.2C8H16O2.Na/c1-18-9-8-14-13-5-3-12(19)10-11(13)2-4-15(14)16(18)6-7-17(18)20;2*1-3-5-7(6-4-2)8(9)10;/h3,5,10,14-17,19-20H,2,4,6-9H2,1H3;2*7H,3-6H2,1-2H3,(H,9,10);/q;;;+1/p-1/t14-,15-,16+,17+,18+;;;/m1.../s1. The van der Waals surface area contributed by atoms with E-state index in [0.717, 1.165) is 76.5 Å². The monoisotopic (exact) mass is 582 g/mol. The number of aliphatic carboxylic acids is 2. The first-order chi connectivity index (χ1) is 19.0. The number of phenols is 1. The van der Waals surface area contributed by atoms with Gasteiger partial charge in [0.1, 0.15) is 5.75 Å². The first-order valence-electron chi connectivity index (χ1n) is 16.0. The molecule has 0 unspecified atom stereocenters. The van der Waals surface area contributed by atoms with Crippen LogP contribution in [0.2, 0.25) is 0 Å². The van der Waals surface area contributed by atoms with Crippen molar-refractivity contribution >= 4 is 11.9 Å². The summed E-state index contributed by atoms with van der Waals surface area (Å²) in [7, 11) is 0. The number of aliphatic hydroxyl groups excluding tert-OH is 1. The molecule has 0 spiro atoms. The van der Waals surface area contributed by atoms with E-state index in [1.54, 1.807) is 0 Å². The van der Waals surface area contributed by atoms with E-state index in [4.69, 9.17) is 5.11 Å². The molecule has 5 atom stereocenters. The number of aryl methyl sites for hydroxylation is 1. The van der Waals surface area contributed by atoms with Crippen LogP contribution in [0.5, 0.6) is 5.75 Å². The van der Waals surface area contributed by atoms with Gasteiger partial charge in [-0.05, 0) is 117 Å². The fourth-order valence-electron chi connectivity index (χ4n) is 7.71. The van der Waals surface area contributed by atoms with E-state index in [9.17, 15) is 24.9 Å². The number of fused-ring (bicyclic) bond motifs is 5. The summed E-state index contributed by atoms with van der Waals surface area (Å²) < 4.78 is 0. The third-order valence-electron chi connectivity index (χ3n) is 9.89. The van der Waals surface area contributed by atoms with Gasteiger partial charge in [0, 0.05) is 5.97 Å². The number of benzene rings is 1. The van der Waals surface area contributed by atoms with Gasteiger partial charge >= 0.3 is 35.5 Å². The zero-order chi connectivity index (χ0) is 29.9. The topological polar surface area (TPSA) is 118 Å². The second kappa shape index (κ2) is 18.6. The Morgan fingerprint density at radius 3 is 2.00 bits per heavy atom. The zero-order valence-electron chi connectivity index (χ0n) is 26.7. The molecule has 2 saturated carbocycles. The van der Waals surface area contributed by atoms with Gasteiger partial charge in [-0.1, -0.05) is 66.4 Å². The Kier molecular flexibility index (Phi) is 17.2. The predicted molar refractivity (Wildman–Crippen MR) is 158 cm³/mol. The quantitative estimate of drug-likeness (QED) is 0.361. The minimum Gasteiger partial charge on any atom is -0.550 e. The summed E-state index contributed by atoms with van der Waals surface area (Å²) >= 11 is 0. The van der Waals surface area contributed by atoms with Crippen molar-refractivity contribution < 1.29 is 59.6 Å². The number of hydrogen-bond donors (Lipinski definition) is 3. The molecule has 41 heavy (non-hydrogen) atoms. The van der Waals surface area contributed by atoms with E-state index >= 15 is 0 Å². The smallest absolute Gasteiger partial charge is 0.550 e. The van der Waals surface area contributed by atoms with Crippen molar-refractivity contribution in [3.63, 3.8) is 0 Å². The molecule has 3 aliphatic rings. The van der Waals surface area contributed by atoms with Gasteiger partial charge in [-0.15, -0.1) is 0 Å². The van der Waals surface area contributed by atoms with Crippen LogP contribution >= 0.6 is 0 Å². The summed E-state index contributed by atoms with van der Waals surface area (Å²) in [5.41, 5.74) is 2.99. The first-order valence-corrected chi connectivity index (χ1v) is 16.0. The molecule has 0 bridgehead atoms. The van der Waals surface area contributed by atoms with Crippen LogP contribution in [0.4, 0.5) is 0 Å². The van der Waals surface area contributed by atoms with Crippen molar-refractivity contribution in [1.29, 1.82) is 0 Å². The SMILES string of the molecule is CCCC(CCC)C(=O)O.CCCC(CCC)C(=O)[O-].C[C@]12CC[C@@H]3c4ccc(O)cc4CC[C@H]3[C@@H]1CC[C@@H]2O.[Na+]. The normalized spacial score (nSPS) is 25.9. The number of hydrogen-bond acceptors (Lipinski definition) is 5. The van der Waals surface area contributed by atoms with E-state index in [0.29, 0.717) is 17.6 Å². The summed E-state index contributed by atoms with van der Waals surface area (Å²) in [5.74, 6) is 0.653. The predicted octanol–water partition coefficient (Wildman–Crippen LogP) is 3.85. The van der Waals surface area contributed by atoms with Gasteiger partial charge < -0.3 is 25.2 Å². The Balaban J connectivity index is 0.000000344. The largest absolute Gasteiger partial charge is 1.00 e. The van der Waals surface area contributed by atoms with Gasteiger partial charge in [0.2, 0.25) is 0 Å². The average molecular weight is 583 g/mol. The Labute approximate surface area is 271 Å². The van der Waals surface area contributed by atoms with Crippen LogP contribution in [0.15, 0.2) is 18.2 Å². The van der Waals surface area contributed by atoms with Crippen molar-refractivity contribution in [3.8, 4) is 5.75 Å². The first kappa shape index (κ1) is 37.9. The Hall–Kier alpha value is -1.08. The number of carbonyl (C=O) groups excluding carboxylic acids is 1. The maximum atomic E-state index is 10.5. The molecule has 0 amide bonds. The Morgan fingerprint density at radius 2 is 1.49 bits per heavy atom. The summed E-state index contributed by atoms with van der Waals surface area (Å²) in [5, 5.41) is 39.1. The molecule has 6 nitrogen and oxygen atoms in total. The minimum atomic E-state index is -0.885. The fraction of sp³-hybridized carbons (Fsp3) is 0.765. The van der Waals surface area contributed by atoms with Crippen LogP contribution in [0.25, 0.3) is 0 Å². The van der Waals surface area contributed by atoms with Gasteiger partial charge in [0.25, 0.3) is 0 Å². The number of aromatic hydroxyl groups is 1. The minimum absolute atomic E-state index is 0. The number of phenolic OH excluding ortho intramolecular Hbond substituents is 1. The molecule has 4 rings (SSSR count). The van der Waals surface area contributed by atoms with Crippen molar-refractivity contribution in [2.45, 2.75) is 137 Å². The van der Waals surface area contributed by atoms with Gasteiger partial charge in [-0.3, -0.25) is 4.79 Å². The maximum absolute atomic E-state index is 10.5. The summed E-state index contributed by atoms with van der Waals surface area (Å²) in [6, 6.07) is 5.96. The number of carboxylic acids is 2. The van der Waals surface area contributed by atoms with Crippen molar-refractivity contribution in [1.82, 2.24) is 0 Å². The molecule has 0 aliphatic heterocycles. The molecule has 0 aromatic heterocycles. The molecule has 2 fully saturated rings. The molecule has 3 N–H and O–H groups in total. The van der Waals surface area contributed by atoms with E-state index in [2.05, 4.69) is 13.0 Å². The Bertz CT molecular complexity index is 898. The molecule has 1 aromatic rings. The number of carboxylic acid groups (broad SMARTS) is 2. The number of rotatable bonds is 10. The third-order valence-corrected chi connectivity index (χ3v) is 9.89. The van der Waals surface area contributed by atoms with Crippen LogP contribution in [0.1, 0.15) is 135 Å². The number of carbonyl (C=O) groups is 2. The van der Waals surface area contributed by atoms with Gasteiger partial charge in [0.15, 0.2) is 0 Å². The second-order valence-electron chi connectivity index (χ2n) is 12.6. The summed E-state index contributed by atoms with van der Waals surface area (Å²) in [6.45, 7) is 10.3. The summed E-state index contributed by atoms with van der Waals surface area (Å²) in [6.07, 6.45) is 13.7. The van der Waals surface area contributed by atoms with Crippen molar-refractivity contribution in [2.75, 3.05) is 0 Å². The zero-order valence-corrected chi connectivity index (χ0v) is 28.7. The molecule has 0 heterocycles. The third kappa shape index (κ3) is 10.3. The molecular formula is C34H55NaO6. The van der Waals surface area contributed by atoms with Crippen molar-refractivity contribution in [3.05, 3.63) is 29.3 Å². The van der Waals surface area contributed by atoms with Crippen LogP contribution in [-0.2, 0) is 16.0 Å².